The Morgan fingerprint density at radius 1 is 1.08 bits per heavy atom. The van der Waals surface area contributed by atoms with Gasteiger partial charge in [-0.1, -0.05) is 5.16 Å². The maximum Gasteiger partial charge on any atom is 0.238 e. The molecular formula is C27H25N3O5S. The fraction of sp³-hybridized carbons (Fsp3) is 0.481. The van der Waals surface area contributed by atoms with Crippen LogP contribution in [0.1, 0.15) is 40.8 Å². The second-order valence-corrected chi connectivity index (χ2v) is 11.4. The molecule has 8 nitrogen and oxygen atoms in total. The number of oxime groups is 1. The number of nitrogens with zero attached hydrogens (tertiary/aromatic N) is 3. The molecule has 1 saturated heterocycles. The van der Waals surface area contributed by atoms with Crippen molar-refractivity contribution in [2.24, 2.45) is 34.7 Å². The van der Waals surface area contributed by atoms with Gasteiger partial charge in [0.2, 0.25) is 11.8 Å². The Bertz CT molecular complexity index is 1390. The van der Waals surface area contributed by atoms with Crippen LogP contribution in [0.15, 0.2) is 23.4 Å². The van der Waals surface area contributed by atoms with Crippen molar-refractivity contribution in [1.82, 2.24) is 0 Å². The van der Waals surface area contributed by atoms with Crippen molar-refractivity contribution in [1.29, 1.82) is 5.26 Å². The van der Waals surface area contributed by atoms with Crippen molar-refractivity contribution in [3.63, 3.8) is 0 Å². The fourth-order valence-electron chi connectivity index (χ4n) is 7.38. The second-order valence-electron chi connectivity index (χ2n) is 10.3. The normalized spacial score (nSPS) is 31.5. The molecule has 0 spiro atoms. The van der Waals surface area contributed by atoms with Crippen LogP contribution in [0.5, 0.6) is 11.5 Å². The highest BCUT2D eigenvalue weighted by atomic mass is 32.1. The van der Waals surface area contributed by atoms with Crippen LogP contribution < -0.4 is 14.4 Å². The van der Waals surface area contributed by atoms with E-state index in [4.69, 9.17) is 14.3 Å². The number of hydrogen-bond acceptors (Lipinski definition) is 8. The summed E-state index contributed by atoms with van der Waals surface area (Å²) in [6.45, 7) is 0. The standard InChI is InChI=1S/C27H25N3O5S/c1-33-12-7-8-14(18(9-12)34-2)23-22-15-10-16(24(22)35-29-23)21-20(15)25(31)30(26(21)32)27-17(11-28)13-5-3-4-6-19(13)36-27/h7-9,15-16,20-22,24H,3-6,10H2,1-2H3/t15-,16+,20+,21-,22+,24+/m1/s1. The minimum absolute atomic E-state index is 0.0420. The molecule has 36 heavy (non-hydrogen) atoms. The lowest BCUT2D eigenvalue weighted by Crippen LogP contribution is -2.41. The Labute approximate surface area is 212 Å². The molecule has 2 aliphatic heterocycles. The molecule has 1 aromatic heterocycles. The largest absolute Gasteiger partial charge is 0.497 e. The van der Waals surface area contributed by atoms with Crippen molar-refractivity contribution < 1.29 is 23.9 Å². The van der Waals surface area contributed by atoms with E-state index in [-0.39, 0.29) is 35.7 Å². The van der Waals surface area contributed by atoms with Gasteiger partial charge in [-0.15, -0.1) is 11.3 Å². The van der Waals surface area contributed by atoms with E-state index in [9.17, 15) is 14.9 Å². The molecule has 9 heteroatoms. The number of anilines is 1. The third-order valence-corrected chi connectivity index (χ3v) is 10.1. The van der Waals surface area contributed by atoms with Crippen molar-refractivity contribution in [3.8, 4) is 17.6 Å². The van der Waals surface area contributed by atoms with Crippen LogP contribution in [0.2, 0.25) is 0 Å². The van der Waals surface area contributed by atoms with E-state index in [1.54, 1.807) is 14.2 Å². The van der Waals surface area contributed by atoms with E-state index in [1.165, 1.54) is 16.2 Å². The zero-order valence-electron chi connectivity index (χ0n) is 20.0. The van der Waals surface area contributed by atoms with Gasteiger partial charge in [0.25, 0.3) is 0 Å². The molecule has 184 valence electrons. The number of benzene rings is 1. The summed E-state index contributed by atoms with van der Waals surface area (Å²) in [5.74, 6) is -0.0517. The number of methoxy groups -OCH3 is 2. The predicted octanol–water partition coefficient (Wildman–Crippen LogP) is 3.69. The first-order valence-electron chi connectivity index (χ1n) is 12.5. The third-order valence-electron chi connectivity index (χ3n) is 8.84. The predicted molar refractivity (Wildman–Crippen MR) is 131 cm³/mol. The van der Waals surface area contributed by atoms with Crippen LogP contribution >= 0.6 is 11.3 Å². The minimum atomic E-state index is -0.415. The molecule has 1 aromatic carbocycles. The van der Waals surface area contributed by atoms with Gasteiger partial charge in [-0.25, -0.2) is 4.90 Å². The van der Waals surface area contributed by atoms with E-state index >= 15 is 0 Å². The number of carbonyl (C=O) groups excluding carboxylic acids is 2. The summed E-state index contributed by atoms with van der Waals surface area (Å²) in [6, 6.07) is 7.90. The first kappa shape index (κ1) is 21.9. The Balaban J connectivity index is 1.24. The molecule has 2 saturated carbocycles. The van der Waals surface area contributed by atoms with Gasteiger partial charge >= 0.3 is 0 Å². The summed E-state index contributed by atoms with van der Waals surface area (Å²) in [4.78, 5) is 36.1. The minimum Gasteiger partial charge on any atom is -0.497 e. The van der Waals surface area contributed by atoms with E-state index in [0.29, 0.717) is 22.1 Å². The number of hydrogen-bond donors (Lipinski definition) is 0. The number of thiophene rings is 1. The summed E-state index contributed by atoms with van der Waals surface area (Å²) in [5.41, 5.74) is 3.14. The van der Waals surface area contributed by atoms with Crippen LogP contribution in [-0.2, 0) is 27.3 Å². The van der Waals surface area contributed by atoms with Crippen LogP contribution in [0, 0.1) is 40.9 Å². The van der Waals surface area contributed by atoms with E-state index in [1.807, 2.05) is 18.2 Å². The van der Waals surface area contributed by atoms with Gasteiger partial charge in [-0.2, -0.15) is 5.26 Å². The van der Waals surface area contributed by atoms with Gasteiger partial charge < -0.3 is 14.3 Å². The average Bonchev–Trinajstić information content (AvgIpc) is 3.69. The summed E-state index contributed by atoms with van der Waals surface area (Å²) >= 11 is 1.46. The van der Waals surface area contributed by atoms with Crippen molar-refractivity contribution in [3.05, 3.63) is 39.8 Å². The van der Waals surface area contributed by atoms with Crippen LogP contribution in [0.25, 0.3) is 0 Å². The van der Waals surface area contributed by atoms with Crippen molar-refractivity contribution in [2.45, 2.75) is 38.2 Å². The van der Waals surface area contributed by atoms with Crippen molar-refractivity contribution in [2.75, 3.05) is 19.1 Å². The van der Waals surface area contributed by atoms with E-state index in [0.717, 1.165) is 53.8 Å². The first-order chi connectivity index (χ1) is 17.6. The van der Waals surface area contributed by atoms with Crippen LogP contribution in [0.4, 0.5) is 5.00 Å². The zero-order valence-corrected chi connectivity index (χ0v) is 20.8. The number of rotatable bonds is 4. The zero-order chi connectivity index (χ0) is 24.7. The average molecular weight is 504 g/mol. The molecular weight excluding hydrogens is 478 g/mol. The maximum absolute atomic E-state index is 13.9. The van der Waals surface area contributed by atoms with E-state index < -0.39 is 11.8 Å². The second kappa shape index (κ2) is 7.81. The first-order valence-corrected chi connectivity index (χ1v) is 13.3. The van der Waals surface area contributed by atoms with Gasteiger partial charge in [0.15, 0.2) is 0 Å². The van der Waals surface area contributed by atoms with Gasteiger partial charge in [0.1, 0.15) is 28.7 Å². The molecule has 7 rings (SSSR count). The summed E-state index contributed by atoms with van der Waals surface area (Å²) < 4.78 is 11.0. The molecule has 3 heterocycles. The number of carbonyl (C=O) groups is 2. The molecule has 2 aromatic rings. The molecule has 0 radical (unpaired) electrons. The number of imide groups is 1. The third kappa shape index (κ3) is 2.71. The highest BCUT2D eigenvalue weighted by Crippen LogP contribution is 2.62. The summed E-state index contributed by atoms with van der Waals surface area (Å²) in [6.07, 6.45) is 4.38. The lowest BCUT2D eigenvalue weighted by Gasteiger charge is -2.30. The number of ether oxygens (including phenoxy) is 2. The SMILES string of the molecule is COc1ccc(C2=NO[C@H]3[C@H]4C[C@@H]([C@@H]23)[C@@H]2C(=O)N(c3sc5c(c3C#N)CCCC5)C(=O)[C@H]42)c(OC)c1. The lowest BCUT2D eigenvalue weighted by atomic mass is 9.71. The van der Waals surface area contributed by atoms with E-state index in [2.05, 4.69) is 11.2 Å². The summed E-state index contributed by atoms with van der Waals surface area (Å²) in [5, 5.41) is 14.9. The molecule has 0 unspecified atom stereocenters. The number of aryl methyl sites for hydroxylation is 1. The fourth-order valence-corrected chi connectivity index (χ4v) is 8.73. The number of nitriles is 1. The number of amides is 2. The molecule has 2 amide bonds. The Kier molecular flexibility index (Phi) is 4.74. The Hall–Kier alpha value is -3.38. The highest BCUT2D eigenvalue weighted by Gasteiger charge is 2.71. The highest BCUT2D eigenvalue weighted by molar-refractivity contribution is 7.17. The van der Waals surface area contributed by atoms with Gasteiger partial charge in [0.05, 0.1) is 37.3 Å². The van der Waals surface area contributed by atoms with Gasteiger partial charge in [-0.05, 0) is 55.7 Å². The van der Waals surface area contributed by atoms with Gasteiger partial charge in [0, 0.05) is 28.3 Å². The smallest absolute Gasteiger partial charge is 0.238 e. The van der Waals surface area contributed by atoms with Crippen LogP contribution in [0.3, 0.4) is 0 Å². The monoisotopic (exact) mass is 503 g/mol. The summed E-state index contributed by atoms with van der Waals surface area (Å²) in [7, 11) is 3.21. The lowest BCUT2D eigenvalue weighted by molar-refractivity contribution is -0.125. The van der Waals surface area contributed by atoms with Crippen LogP contribution in [-0.4, -0.2) is 37.8 Å². The topological polar surface area (TPSA) is 101 Å². The Morgan fingerprint density at radius 3 is 2.61 bits per heavy atom. The Morgan fingerprint density at radius 2 is 1.86 bits per heavy atom. The van der Waals surface area contributed by atoms with Crippen molar-refractivity contribution >= 4 is 33.9 Å². The maximum atomic E-state index is 13.9. The molecule has 2 bridgehead atoms. The quantitative estimate of drug-likeness (QED) is 0.590. The molecule has 3 fully saturated rings. The molecule has 5 aliphatic rings. The molecule has 6 atom stereocenters. The molecule has 0 N–H and O–H groups in total. The molecule has 3 aliphatic carbocycles. The van der Waals surface area contributed by atoms with Gasteiger partial charge in [-0.3, -0.25) is 9.59 Å². The number of fused-ring (bicyclic) bond motifs is 9.